The molecule has 0 aromatic carbocycles. The monoisotopic (exact) mass is 241 g/mol. The molecule has 1 N–H and O–H groups in total. The highest BCUT2D eigenvalue weighted by Crippen LogP contribution is 1.93. The summed E-state index contributed by atoms with van der Waals surface area (Å²) in [4.78, 5) is 34.7. The first-order valence-corrected chi connectivity index (χ1v) is 4.52. The summed E-state index contributed by atoms with van der Waals surface area (Å²) < 4.78 is 1.22. The zero-order chi connectivity index (χ0) is 13.2. The molecule has 0 fully saturated rings. The number of hydrogen-bond acceptors (Lipinski definition) is 5. The number of carboxylic acids is 1. The predicted octanol–water partition coefficient (Wildman–Crippen LogP) is -1.09. The van der Waals surface area contributed by atoms with Gasteiger partial charge in [0.25, 0.3) is 0 Å². The van der Waals surface area contributed by atoms with E-state index in [2.05, 4.69) is 10.4 Å². The van der Waals surface area contributed by atoms with Crippen molar-refractivity contribution < 1.29 is 14.7 Å². The minimum atomic E-state index is -1.19. The van der Waals surface area contributed by atoms with Crippen LogP contribution in [0.4, 0.5) is 4.79 Å². The van der Waals surface area contributed by atoms with E-state index >= 15 is 0 Å². The van der Waals surface area contributed by atoms with E-state index in [0.717, 1.165) is 11.1 Å². The Morgan fingerprint density at radius 1 is 1.35 bits per heavy atom. The van der Waals surface area contributed by atoms with Crippen LogP contribution in [-0.4, -0.2) is 55.9 Å². The molecule has 0 aliphatic carbocycles. The minimum Gasteiger partial charge on any atom is -0.478 e. The normalized spacial score (nSPS) is 11.4. The highest BCUT2D eigenvalue weighted by atomic mass is 16.4. The molecule has 92 valence electrons. The van der Waals surface area contributed by atoms with Gasteiger partial charge in [0, 0.05) is 20.3 Å². The number of carbonyl (C=O) groups excluding carboxylic acids is 1. The Hall–Kier alpha value is -2.45. The van der Waals surface area contributed by atoms with Crippen molar-refractivity contribution in [3.05, 3.63) is 16.1 Å². The summed E-state index contributed by atoms with van der Waals surface area (Å²) in [5.41, 5.74) is -0.930. The highest BCUT2D eigenvalue weighted by Gasteiger charge is 2.15. The van der Waals surface area contributed by atoms with E-state index in [1.165, 1.54) is 21.0 Å². The van der Waals surface area contributed by atoms with Gasteiger partial charge in [-0.05, 0) is 17.4 Å². The van der Waals surface area contributed by atoms with Gasteiger partial charge in [-0.2, -0.15) is 4.68 Å². The molecular weight excluding hydrogens is 230 g/mol. The summed E-state index contributed by atoms with van der Waals surface area (Å²) in [6.07, 6.45) is 0.983. The zero-order valence-electron chi connectivity index (χ0n) is 9.49. The average Bonchev–Trinajstić information content (AvgIpc) is 2.59. The Kier molecular flexibility index (Phi) is 3.41. The Morgan fingerprint density at radius 3 is 2.41 bits per heavy atom. The molecule has 9 heteroatoms. The Labute approximate surface area is 95.5 Å². The number of carbonyl (C=O) groups is 2. The van der Waals surface area contributed by atoms with Gasteiger partial charge in [0.05, 0.1) is 5.57 Å². The van der Waals surface area contributed by atoms with Crippen LogP contribution in [0.3, 0.4) is 0 Å². The lowest BCUT2D eigenvalue weighted by Gasteiger charge is -2.06. The van der Waals surface area contributed by atoms with Crippen molar-refractivity contribution in [3.8, 4) is 0 Å². The molecule has 1 heterocycles. The molecule has 1 aromatic rings. The Bertz CT molecular complexity index is 538. The van der Waals surface area contributed by atoms with Gasteiger partial charge >= 0.3 is 17.7 Å². The summed E-state index contributed by atoms with van der Waals surface area (Å²) in [6.45, 7) is 1.29. The van der Waals surface area contributed by atoms with Crippen LogP contribution in [-0.2, 0) is 4.79 Å². The van der Waals surface area contributed by atoms with Crippen molar-refractivity contribution in [1.29, 1.82) is 0 Å². The van der Waals surface area contributed by atoms with Crippen LogP contribution in [0, 0.1) is 0 Å². The zero-order valence-corrected chi connectivity index (χ0v) is 9.49. The molecule has 1 aromatic heterocycles. The second kappa shape index (κ2) is 4.60. The van der Waals surface area contributed by atoms with Crippen molar-refractivity contribution in [1.82, 2.24) is 24.7 Å². The van der Waals surface area contributed by atoms with Crippen molar-refractivity contribution in [3.63, 3.8) is 0 Å². The summed E-state index contributed by atoms with van der Waals surface area (Å²) in [5.74, 6) is -1.19. The van der Waals surface area contributed by atoms with Gasteiger partial charge in [0.2, 0.25) is 0 Å². The molecule has 0 atom stereocenters. The van der Waals surface area contributed by atoms with Gasteiger partial charge in [-0.1, -0.05) is 0 Å². The maximum atomic E-state index is 11.6. The summed E-state index contributed by atoms with van der Waals surface area (Å²) >= 11 is 0. The van der Waals surface area contributed by atoms with Crippen LogP contribution in [0.5, 0.6) is 0 Å². The molecule has 0 aliphatic heterocycles. The third kappa shape index (κ3) is 2.56. The van der Waals surface area contributed by atoms with Gasteiger partial charge in [0.1, 0.15) is 0 Å². The van der Waals surface area contributed by atoms with Crippen molar-refractivity contribution in [2.75, 3.05) is 14.1 Å². The maximum Gasteiger partial charge on any atom is 0.376 e. The number of rotatable bonds is 2. The molecule has 0 radical (unpaired) electrons. The first-order chi connectivity index (χ1) is 7.84. The highest BCUT2D eigenvalue weighted by molar-refractivity contribution is 5.89. The SMILES string of the molecule is CC(=Cn1nnn(C(=O)N(C)C)c1=O)C(=O)O. The maximum absolute atomic E-state index is 11.6. The van der Waals surface area contributed by atoms with Crippen LogP contribution in [0.1, 0.15) is 6.92 Å². The number of amides is 1. The van der Waals surface area contributed by atoms with E-state index in [1.54, 1.807) is 0 Å². The summed E-state index contributed by atoms with van der Waals surface area (Å²) in [6, 6.07) is -0.664. The van der Waals surface area contributed by atoms with Gasteiger partial charge < -0.3 is 10.0 Å². The van der Waals surface area contributed by atoms with E-state index in [9.17, 15) is 14.4 Å². The lowest BCUT2D eigenvalue weighted by Crippen LogP contribution is -2.36. The number of tetrazole rings is 1. The second-order valence-corrected chi connectivity index (χ2v) is 3.41. The third-order valence-electron chi connectivity index (χ3n) is 1.82. The number of aromatic nitrogens is 4. The average molecular weight is 241 g/mol. The molecule has 1 amide bonds. The number of hydrogen-bond donors (Lipinski definition) is 1. The minimum absolute atomic E-state index is 0.101. The quantitative estimate of drug-likeness (QED) is 0.520. The fraction of sp³-hybridized carbons (Fsp3) is 0.375. The first-order valence-electron chi connectivity index (χ1n) is 4.52. The smallest absolute Gasteiger partial charge is 0.376 e. The molecular formula is C8H11N5O4. The van der Waals surface area contributed by atoms with Gasteiger partial charge in [-0.3, -0.25) is 0 Å². The van der Waals surface area contributed by atoms with Crippen LogP contribution < -0.4 is 5.69 Å². The molecule has 1 rings (SSSR count). The lowest BCUT2D eigenvalue weighted by atomic mass is 10.3. The Balaban J connectivity index is 3.17. The van der Waals surface area contributed by atoms with Gasteiger partial charge in [0.15, 0.2) is 0 Å². The molecule has 9 nitrogen and oxygen atoms in total. The van der Waals surface area contributed by atoms with Crippen molar-refractivity contribution >= 4 is 18.2 Å². The largest absolute Gasteiger partial charge is 0.478 e. The van der Waals surface area contributed by atoms with E-state index in [0.29, 0.717) is 9.36 Å². The fourth-order valence-corrected chi connectivity index (χ4v) is 0.886. The standard InChI is InChI=1S/C8H11N5O4/c1-5(6(14)15)4-12-8(17)13(10-9-12)7(16)11(2)3/h4H,1-3H3,(H,14,15). The van der Waals surface area contributed by atoms with E-state index in [1.807, 2.05) is 0 Å². The van der Waals surface area contributed by atoms with Crippen LogP contribution in [0.2, 0.25) is 0 Å². The molecule has 17 heavy (non-hydrogen) atoms. The molecule has 0 spiro atoms. The van der Waals surface area contributed by atoms with Gasteiger partial charge in [-0.15, -0.1) is 4.68 Å². The number of carboxylic acid groups (broad SMARTS) is 1. The third-order valence-corrected chi connectivity index (χ3v) is 1.82. The van der Waals surface area contributed by atoms with E-state index in [-0.39, 0.29) is 5.57 Å². The number of aliphatic carboxylic acids is 1. The van der Waals surface area contributed by atoms with Crippen molar-refractivity contribution in [2.45, 2.75) is 6.92 Å². The fourth-order valence-electron chi connectivity index (χ4n) is 0.886. The van der Waals surface area contributed by atoms with E-state index in [4.69, 9.17) is 5.11 Å². The van der Waals surface area contributed by atoms with Crippen LogP contribution in [0.15, 0.2) is 10.4 Å². The molecule has 0 saturated heterocycles. The molecule has 0 bridgehead atoms. The predicted molar refractivity (Wildman–Crippen MR) is 56.3 cm³/mol. The Morgan fingerprint density at radius 2 is 1.94 bits per heavy atom. The molecule has 0 unspecified atom stereocenters. The topological polar surface area (TPSA) is 110 Å². The molecule has 0 aliphatic rings. The van der Waals surface area contributed by atoms with Crippen molar-refractivity contribution in [2.24, 2.45) is 0 Å². The van der Waals surface area contributed by atoms with Crippen LogP contribution in [0.25, 0.3) is 6.20 Å². The first kappa shape index (κ1) is 12.6. The molecule has 0 saturated carbocycles. The lowest BCUT2D eigenvalue weighted by molar-refractivity contribution is -0.132. The van der Waals surface area contributed by atoms with Crippen LogP contribution >= 0.6 is 0 Å². The number of nitrogens with zero attached hydrogens (tertiary/aromatic N) is 5. The second-order valence-electron chi connectivity index (χ2n) is 3.41. The van der Waals surface area contributed by atoms with Gasteiger partial charge in [-0.25, -0.2) is 14.4 Å². The summed E-state index contributed by atoms with van der Waals surface area (Å²) in [5, 5.41) is 15.3. The summed E-state index contributed by atoms with van der Waals surface area (Å²) in [7, 11) is 2.90. The van der Waals surface area contributed by atoms with E-state index < -0.39 is 17.7 Å².